The summed E-state index contributed by atoms with van der Waals surface area (Å²) in [4.78, 5) is 12.2. The molecular weight excluding hydrogens is 276 g/mol. The monoisotopic (exact) mass is 292 g/mol. The Balaban J connectivity index is 2.16. The Morgan fingerprint density at radius 2 is 1.95 bits per heavy atom. The van der Waals surface area contributed by atoms with Gasteiger partial charge in [0.2, 0.25) is 0 Å². The molecule has 0 atom stereocenters. The summed E-state index contributed by atoms with van der Waals surface area (Å²) >= 11 is 0. The van der Waals surface area contributed by atoms with E-state index in [4.69, 9.17) is 4.74 Å². The van der Waals surface area contributed by atoms with Gasteiger partial charge in [-0.2, -0.15) is 5.26 Å². The molecule has 0 aliphatic rings. The Morgan fingerprint density at radius 1 is 1.23 bits per heavy atom. The maximum absolute atomic E-state index is 12.2. The average Bonchev–Trinajstić information content (AvgIpc) is 2.53. The minimum absolute atomic E-state index is 0.0569. The van der Waals surface area contributed by atoms with Gasteiger partial charge in [-0.05, 0) is 42.8 Å². The van der Waals surface area contributed by atoms with E-state index in [0.717, 1.165) is 11.1 Å². The lowest BCUT2D eigenvalue weighted by Gasteiger charge is -2.05. The molecule has 0 aliphatic heterocycles. The van der Waals surface area contributed by atoms with E-state index in [0.29, 0.717) is 11.4 Å². The van der Waals surface area contributed by atoms with Crippen LogP contribution >= 0.6 is 0 Å². The normalized spacial score (nSPS) is 10.7. The van der Waals surface area contributed by atoms with E-state index in [-0.39, 0.29) is 5.57 Å². The van der Waals surface area contributed by atoms with Gasteiger partial charge in [0.1, 0.15) is 17.4 Å². The van der Waals surface area contributed by atoms with Gasteiger partial charge in [0.25, 0.3) is 5.91 Å². The largest absolute Gasteiger partial charge is 0.497 e. The van der Waals surface area contributed by atoms with E-state index in [1.54, 1.807) is 37.5 Å². The fraction of sp³-hybridized carbons (Fsp3) is 0.111. The first kappa shape index (κ1) is 15.3. The number of ether oxygens (including phenoxy) is 1. The lowest BCUT2D eigenvalue weighted by atomic mass is 10.1. The van der Waals surface area contributed by atoms with Gasteiger partial charge in [0.05, 0.1) is 7.11 Å². The molecule has 0 unspecified atom stereocenters. The second-order valence-electron chi connectivity index (χ2n) is 4.77. The summed E-state index contributed by atoms with van der Waals surface area (Å²) in [5, 5.41) is 11.9. The van der Waals surface area contributed by atoms with Gasteiger partial charge >= 0.3 is 0 Å². The molecule has 0 radical (unpaired) electrons. The third kappa shape index (κ3) is 3.97. The summed E-state index contributed by atoms with van der Waals surface area (Å²) in [6.07, 6.45) is 1.58. The molecule has 4 nitrogen and oxygen atoms in total. The number of nitriles is 1. The molecule has 0 aromatic heterocycles. The fourth-order valence-corrected chi connectivity index (χ4v) is 1.95. The van der Waals surface area contributed by atoms with Gasteiger partial charge in [-0.1, -0.05) is 29.8 Å². The van der Waals surface area contributed by atoms with Crippen LogP contribution in [-0.4, -0.2) is 13.0 Å². The molecule has 1 amide bonds. The Hall–Kier alpha value is -3.06. The van der Waals surface area contributed by atoms with Crippen molar-refractivity contribution in [2.75, 3.05) is 12.4 Å². The minimum atomic E-state index is -0.436. The van der Waals surface area contributed by atoms with E-state index < -0.39 is 5.91 Å². The third-order valence-electron chi connectivity index (χ3n) is 3.07. The summed E-state index contributed by atoms with van der Waals surface area (Å²) in [7, 11) is 1.58. The molecule has 0 spiro atoms. The molecule has 22 heavy (non-hydrogen) atoms. The maximum atomic E-state index is 12.2. The van der Waals surface area contributed by atoms with Gasteiger partial charge in [-0.3, -0.25) is 4.79 Å². The number of carbonyl (C=O) groups is 1. The molecule has 110 valence electrons. The number of carbonyl (C=O) groups excluding carboxylic acids is 1. The van der Waals surface area contributed by atoms with Crippen LogP contribution < -0.4 is 10.1 Å². The molecule has 2 aromatic rings. The molecule has 0 aliphatic carbocycles. The lowest BCUT2D eigenvalue weighted by molar-refractivity contribution is -0.112. The van der Waals surface area contributed by atoms with Crippen LogP contribution in [0.2, 0.25) is 0 Å². The highest BCUT2D eigenvalue weighted by atomic mass is 16.5. The van der Waals surface area contributed by atoms with Crippen LogP contribution in [0.25, 0.3) is 6.08 Å². The van der Waals surface area contributed by atoms with Gasteiger partial charge in [0, 0.05) is 5.69 Å². The van der Waals surface area contributed by atoms with Crippen molar-refractivity contribution in [2.45, 2.75) is 6.92 Å². The van der Waals surface area contributed by atoms with Crippen LogP contribution in [0.15, 0.2) is 54.1 Å². The maximum Gasteiger partial charge on any atom is 0.266 e. The number of rotatable bonds is 4. The van der Waals surface area contributed by atoms with Crippen molar-refractivity contribution in [3.63, 3.8) is 0 Å². The molecule has 0 fully saturated rings. The second kappa shape index (κ2) is 7.09. The Morgan fingerprint density at radius 3 is 2.55 bits per heavy atom. The molecule has 0 saturated carbocycles. The van der Waals surface area contributed by atoms with E-state index in [1.165, 1.54) is 0 Å². The van der Waals surface area contributed by atoms with Crippen molar-refractivity contribution < 1.29 is 9.53 Å². The lowest BCUT2D eigenvalue weighted by Crippen LogP contribution is -2.13. The first-order chi connectivity index (χ1) is 10.6. The highest BCUT2D eigenvalue weighted by Gasteiger charge is 2.09. The highest BCUT2D eigenvalue weighted by Crippen LogP contribution is 2.16. The number of nitrogens with zero attached hydrogens (tertiary/aromatic N) is 1. The summed E-state index contributed by atoms with van der Waals surface area (Å²) in [6.45, 7) is 1.96. The number of aryl methyl sites for hydroxylation is 1. The average molecular weight is 292 g/mol. The fourth-order valence-electron chi connectivity index (χ4n) is 1.95. The predicted octanol–water partition coefficient (Wildman–Crippen LogP) is 3.55. The van der Waals surface area contributed by atoms with Gasteiger partial charge in [-0.15, -0.1) is 0 Å². The Labute approximate surface area is 129 Å². The van der Waals surface area contributed by atoms with Crippen LogP contribution in [0.3, 0.4) is 0 Å². The van der Waals surface area contributed by atoms with Gasteiger partial charge in [-0.25, -0.2) is 0 Å². The van der Waals surface area contributed by atoms with Crippen molar-refractivity contribution >= 4 is 17.7 Å². The second-order valence-corrected chi connectivity index (χ2v) is 4.77. The van der Waals surface area contributed by atoms with Crippen LogP contribution in [0.4, 0.5) is 5.69 Å². The molecule has 2 rings (SSSR count). The standard InChI is InChI=1S/C18H16N2O2/c1-13-4-3-5-14(10-13)11-15(12-19)18(21)20-16-6-8-17(22-2)9-7-16/h3-11H,1-2H3,(H,20,21)/b15-11+. The summed E-state index contributed by atoms with van der Waals surface area (Å²) < 4.78 is 5.06. The van der Waals surface area contributed by atoms with Gasteiger partial charge < -0.3 is 10.1 Å². The summed E-state index contributed by atoms with van der Waals surface area (Å²) in [5.41, 5.74) is 2.56. The number of nitrogens with one attached hydrogen (secondary N) is 1. The molecule has 0 bridgehead atoms. The number of amides is 1. The number of methoxy groups -OCH3 is 1. The summed E-state index contributed by atoms with van der Waals surface area (Å²) in [5.74, 6) is 0.267. The molecule has 1 N–H and O–H groups in total. The number of benzene rings is 2. The number of hydrogen-bond acceptors (Lipinski definition) is 3. The van der Waals surface area contributed by atoms with E-state index in [9.17, 15) is 10.1 Å². The van der Waals surface area contributed by atoms with Crippen molar-refractivity contribution in [1.29, 1.82) is 5.26 Å². The van der Waals surface area contributed by atoms with Crippen molar-refractivity contribution in [2.24, 2.45) is 0 Å². The summed E-state index contributed by atoms with van der Waals surface area (Å²) in [6, 6.07) is 16.5. The van der Waals surface area contributed by atoms with E-state index in [1.807, 2.05) is 37.3 Å². The SMILES string of the molecule is COc1ccc(NC(=O)/C(C#N)=C/c2cccc(C)c2)cc1. The molecule has 2 aromatic carbocycles. The zero-order valence-electron chi connectivity index (χ0n) is 12.5. The first-order valence-corrected chi connectivity index (χ1v) is 6.76. The van der Waals surface area contributed by atoms with Gasteiger partial charge in [0.15, 0.2) is 0 Å². The zero-order chi connectivity index (χ0) is 15.9. The van der Waals surface area contributed by atoms with Crippen LogP contribution in [0.1, 0.15) is 11.1 Å². The first-order valence-electron chi connectivity index (χ1n) is 6.76. The zero-order valence-corrected chi connectivity index (χ0v) is 12.5. The smallest absolute Gasteiger partial charge is 0.266 e. The molecule has 0 saturated heterocycles. The predicted molar refractivity (Wildman–Crippen MR) is 86.4 cm³/mol. The van der Waals surface area contributed by atoms with Crippen molar-refractivity contribution in [1.82, 2.24) is 0 Å². The molecule has 4 heteroatoms. The quantitative estimate of drug-likeness (QED) is 0.692. The minimum Gasteiger partial charge on any atom is -0.497 e. The number of anilines is 1. The van der Waals surface area contributed by atoms with E-state index >= 15 is 0 Å². The molecule has 0 heterocycles. The van der Waals surface area contributed by atoms with Crippen molar-refractivity contribution in [3.8, 4) is 11.8 Å². The van der Waals surface area contributed by atoms with E-state index in [2.05, 4.69) is 5.32 Å². The van der Waals surface area contributed by atoms with Crippen LogP contribution in [-0.2, 0) is 4.79 Å². The van der Waals surface area contributed by atoms with Crippen molar-refractivity contribution in [3.05, 3.63) is 65.2 Å². The Kier molecular flexibility index (Phi) is 4.94. The molecular formula is C18H16N2O2. The number of hydrogen-bond donors (Lipinski definition) is 1. The van der Waals surface area contributed by atoms with Crippen LogP contribution in [0, 0.1) is 18.3 Å². The highest BCUT2D eigenvalue weighted by molar-refractivity contribution is 6.09. The Bertz CT molecular complexity index is 740. The third-order valence-corrected chi connectivity index (χ3v) is 3.07. The van der Waals surface area contributed by atoms with Crippen LogP contribution in [0.5, 0.6) is 5.75 Å². The topological polar surface area (TPSA) is 62.1 Å².